The Morgan fingerprint density at radius 1 is 1.28 bits per heavy atom. The molecule has 0 fully saturated rings. The lowest BCUT2D eigenvalue weighted by Crippen LogP contribution is -2.51. The summed E-state index contributed by atoms with van der Waals surface area (Å²) in [6.07, 6.45) is 2.03. The molecular formula is C13H27N3O2. The summed E-state index contributed by atoms with van der Waals surface area (Å²) in [6, 6.07) is -0.668. The third kappa shape index (κ3) is 8.06. The zero-order valence-electron chi connectivity index (χ0n) is 12.2. The minimum Gasteiger partial charge on any atom is -0.350 e. The highest BCUT2D eigenvalue weighted by Crippen LogP contribution is 2.01. The minimum absolute atomic E-state index is 0.132. The van der Waals surface area contributed by atoms with Crippen molar-refractivity contribution in [3.8, 4) is 0 Å². The third-order valence-electron chi connectivity index (χ3n) is 2.38. The van der Waals surface area contributed by atoms with Crippen LogP contribution in [0.15, 0.2) is 0 Å². The average Bonchev–Trinajstić information content (AvgIpc) is 2.14. The lowest BCUT2D eigenvalue weighted by atomic mass is 10.1. The van der Waals surface area contributed by atoms with Gasteiger partial charge in [-0.15, -0.1) is 0 Å². The van der Waals surface area contributed by atoms with Crippen molar-refractivity contribution in [3.05, 3.63) is 0 Å². The fraction of sp³-hybridized carbons (Fsp3) is 0.846. The van der Waals surface area contributed by atoms with E-state index in [1.807, 2.05) is 27.7 Å². The molecular weight excluding hydrogens is 230 g/mol. The smallest absolute Gasteiger partial charge is 0.242 e. The minimum atomic E-state index is -0.537. The fourth-order valence-corrected chi connectivity index (χ4v) is 1.55. The van der Waals surface area contributed by atoms with E-state index in [9.17, 15) is 9.59 Å². The van der Waals surface area contributed by atoms with Crippen molar-refractivity contribution in [2.45, 2.75) is 71.5 Å². The van der Waals surface area contributed by atoms with Gasteiger partial charge in [0.1, 0.15) is 6.04 Å². The maximum atomic E-state index is 11.7. The van der Waals surface area contributed by atoms with E-state index in [-0.39, 0.29) is 29.8 Å². The van der Waals surface area contributed by atoms with Gasteiger partial charge in [0.25, 0.3) is 0 Å². The molecule has 0 bridgehead atoms. The first-order valence-electron chi connectivity index (χ1n) is 6.52. The first kappa shape index (κ1) is 16.9. The van der Waals surface area contributed by atoms with Gasteiger partial charge in [-0.05, 0) is 34.1 Å². The molecule has 0 aromatic carbocycles. The van der Waals surface area contributed by atoms with Crippen LogP contribution in [0.2, 0.25) is 0 Å². The van der Waals surface area contributed by atoms with Crippen LogP contribution in [0, 0.1) is 0 Å². The van der Waals surface area contributed by atoms with E-state index in [0.29, 0.717) is 0 Å². The second-order valence-electron chi connectivity index (χ2n) is 5.78. The molecule has 0 saturated carbocycles. The van der Waals surface area contributed by atoms with Crippen molar-refractivity contribution in [2.24, 2.45) is 5.73 Å². The molecule has 2 amide bonds. The molecule has 0 aliphatic carbocycles. The molecule has 2 atom stereocenters. The van der Waals surface area contributed by atoms with E-state index in [1.54, 1.807) is 6.92 Å². The Bertz CT molecular complexity index is 284. The van der Waals surface area contributed by atoms with Crippen LogP contribution in [-0.2, 0) is 9.59 Å². The van der Waals surface area contributed by atoms with Gasteiger partial charge in [-0.25, -0.2) is 0 Å². The van der Waals surface area contributed by atoms with Gasteiger partial charge in [-0.3, -0.25) is 9.59 Å². The van der Waals surface area contributed by atoms with Crippen LogP contribution in [0.1, 0.15) is 53.9 Å². The Hall–Kier alpha value is -1.10. The monoisotopic (exact) mass is 257 g/mol. The Morgan fingerprint density at radius 3 is 2.28 bits per heavy atom. The van der Waals surface area contributed by atoms with Gasteiger partial charge < -0.3 is 16.4 Å². The molecule has 0 aromatic rings. The predicted molar refractivity (Wildman–Crippen MR) is 73.0 cm³/mol. The molecule has 0 radical (unpaired) electrons. The molecule has 18 heavy (non-hydrogen) atoms. The highest BCUT2D eigenvalue weighted by atomic mass is 16.2. The molecule has 4 N–H and O–H groups in total. The largest absolute Gasteiger partial charge is 0.350 e. The standard InChI is InChI=1S/C13H27N3O2/c1-6-7-10(14)8-11(17)15-9(2)12(18)16-13(3,4)5/h9-10H,6-8,14H2,1-5H3,(H,15,17)(H,16,18). The summed E-state index contributed by atoms with van der Waals surface area (Å²) in [4.78, 5) is 23.4. The van der Waals surface area contributed by atoms with Crippen LogP contribution in [-0.4, -0.2) is 29.4 Å². The number of rotatable bonds is 6. The fourth-order valence-electron chi connectivity index (χ4n) is 1.55. The highest BCUT2D eigenvalue weighted by molar-refractivity contribution is 5.87. The molecule has 106 valence electrons. The molecule has 0 aliphatic rings. The Labute approximate surface area is 110 Å². The number of carbonyl (C=O) groups is 2. The zero-order valence-corrected chi connectivity index (χ0v) is 12.2. The van der Waals surface area contributed by atoms with E-state index in [4.69, 9.17) is 5.73 Å². The molecule has 5 heteroatoms. The third-order valence-corrected chi connectivity index (χ3v) is 2.38. The normalized spacial score (nSPS) is 14.8. The molecule has 0 aromatic heterocycles. The van der Waals surface area contributed by atoms with Gasteiger partial charge in [0.15, 0.2) is 0 Å². The van der Waals surface area contributed by atoms with E-state index >= 15 is 0 Å². The summed E-state index contributed by atoms with van der Waals surface area (Å²) in [5.74, 6) is -0.354. The Balaban J connectivity index is 4.11. The van der Waals surface area contributed by atoms with Crippen LogP contribution in [0.3, 0.4) is 0 Å². The summed E-state index contributed by atoms with van der Waals surface area (Å²) in [5.41, 5.74) is 5.48. The molecule has 0 rings (SSSR count). The van der Waals surface area contributed by atoms with Crippen molar-refractivity contribution in [1.82, 2.24) is 10.6 Å². The summed E-state index contributed by atoms with van der Waals surface area (Å²) >= 11 is 0. The summed E-state index contributed by atoms with van der Waals surface area (Å²) in [7, 11) is 0. The maximum absolute atomic E-state index is 11.7. The van der Waals surface area contributed by atoms with Gasteiger partial charge in [-0.1, -0.05) is 13.3 Å². The summed E-state index contributed by atoms with van der Waals surface area (Å²) < 4.78 is 0. The van der Waals surface area contributed by atoms with Crippen LogP contribution >= 0.6 is 0 Å². The predicted octanol–water partition coefficient (Wildman–Crippen LogP) is 0.923. The highest BCUT2D eigenvalue weighted by Gasteiger charge is 2.21. The second kappa shape index (κ2) is 7.36. The van der Waals surface area contributed by atoms with Crippen LogP contribution < -0.4 is 16.4 Å². The topological polar surface area (TPSA) is 84.2 Å². The van der Waals surface area contributed by atoms with E-state index in [2.05, 4.69) is 10.6 Å². The lowest BCUT2D eigenvalue weighted by Gasteiger charge is -2.24. The Kier molecular flexibility index (Phi) is 6.91. The number of hydrogen-bond acceptors (Lipinski definition) is 3. The summed E-state index contributed by atoms with van der Waals surface area (Å²) in [6.45, 7) is 9.39. The number of amides is 2. The van der Waals surface area contributed by atoms with Gasteiger partial charge in [0.05, 0.1) is 0 Å². The average molecular weight is 257 g/mol. The van der Waals surface area contributed by atoms with Gasteiger partial charge in [0.2, 0.25) is 11.8 Å². The quantitative estimate of drug-likeness (QED) is 0.661. The number of nitrogens with two attached hydrogens (primary N) is 1. The molecule has 0 saturated heterocycles. The van der Waals surface area contributed by atoms with Gasteiger partial charge in [0, 0.05) is 18.0 Å². The Morgan fingerprint density at radius 2 is 1.83 bits per heavy atom. The second-order valence-corrected chi connectivity index (χ2v) is 5.78. The maximum Gasteiger partial charge on any atom is 0.242 e. The summed E-state index contributed by atoms with van der Waals surface area (Å²) in [5, 5.41) is 5.48. The zero-order chi connectivity index (χ0) is 14.3. The number of hydrogen-bond donors (Lipinski definition) is 3. The van der Waals surface area contributed by atoms with Crippen LogP contribution in [0.5, 0.6) is 0 Å². The lowest BCUT2D eigenvalue weighted by molar-refractivity contribution is -0.129. The molecule has 0 heterocycles. The van der Waals surface area contributed by atoms with E-state index < -0.39 is 6.04 Å². The molecule has 0 aliphatic heterocycles. The van der Waals surface area contributed by atoms with Crippen molar-refractivity contribution in [2.75, 3.05) is 0 Å². The number of nitrogens with one attached hydrogen (secondary N) is 2. The van der Waals surface area contributed by atoms with Gasteiger partial charge in [-0.2, -0.15) is 0 Å². The first-order valence-corrected chi connectivity index (χ1v) is 6.52. The van der Waals surface area contributed by atoms with Gasteiger partial charge >= 0.3 is 0 Å². The molecule has 2 unspecified atom stereocenters. The van der Waals surface area contributed by atoms with Crippen molar-refractivity contribution in [3.63, 3.8) is 0 Å². The number of carbonyl (C=O) groups excluding carboxylic acids is 2. The SMILES string of the molecule is CCCC(N)CC(=O)NC(C)C(=O)NC(C)(C)C. The van der Waals surface area contributed by atoms with Crippen LogP contribution in [0.25, 0.3) is 0 Å². The van der Waals surface area contributed by atoms with Crippen molar-refractivity contribution >= 4 is 11.8 Å². The molecule has 5 nitrogen and oxygen atoms in total. The van der Waals surface area contributed by atoms with Crippen LogP contribution in [0.4, 0.5) is 0 Å². The van der Waals surface area contributed by atoms with Crippen molar-refractivity contribution < 1.29 is 9.59 Å². The molecule has 0 spiro atoms. The van der Waals surface area contributed by atoms with E-state index in [1.165, 1.54) is 0 Å². The first-order chi connectivity index (χ1) is 8.15. The van der Waals surface area contributed by atoms with Crippen molar-refractivity contribution in [1.29, 1.82) is 0 Å². The van der Waals surface area contributed by atoms with E-state index in [0.717, 1.165) is 12.8 Å².